The minimum atomic E-state index is 0.723. The van der Waals surface area contributed by atoms with Gasteiger partial charge in [0.1, 0.15) is 0 Å². The average molecular weight is 260 g/mol. The van der Waals surface area contributed by atoms with Gasteiger partial charge in [0, 0.05) is 25.5 Å². The fraction of sp³-hybridized carbons (Fsp3) is 0.875. The molecule has 0 spiro atoms. The van der Waals surface area contributed by atoms with Crippen molar-refractivity contribution in [2.45, 2.75) is 12.8 Å². The second-order valence-electron chi connectivity index (χ2n) is 3.71. The number of hydrogen-bond acceptors (Lipinski definition) is 4. The van der Waals surface area contributed by atoms with Gasteiger partial charge in [-0.1, -0.05) is 21.0 Å². The summed E-state index contributed by atoms with van der Waals surface area (Å²) in [6.07, 6.45) is 2.52. The third kappa shape index (κ3) is 1.89. The summed E-state index contributed by atoms with van der Waals surface area (Å²) in [7, 11) is 1.88. The molecule has 0 amide bonds. The second-order valence-corrected chi connectivity index (χ2v) is 4.36. The number of rotatable bonds is 2. The van der Waals surface area contributed by atoms with Crippen molar-refractivity contribution in [3.63, 3.8) is 0 Å². The van der Waals surface area contributed by atoms with Gasteiger partial charge in [-0.25, -0.2) is 4.68 Å². The highest BCUT2D eigenvalue weighted by molar-refractivity contribution is 9.09. The Kier molecular flexibility index (Phi) is 3.00. The van der Waals surface area contributed by atoms with Crippen molar-refractivity contribution in [1.29, 1.82) is 0 Å². The van der Waals surface area contributed by atoms with Crippen LogP contribution < -0.4 is 4.90 Å². The second kappa shape index (κ2) is 4.25. The van der Waals surface area contributed by atoms with Gasteiger partial charge < -0.3 is 4.90 Å². The van der Waals surface area contributed by atoms with Crippen LogP contribution in [0.1, 0.15) is 12.8 Å². The lowest BCUT2D eigenvalue weighted by Gasteiger charge is -2.31. The first-order valence-corrected chi connectivity index (χ1v) is 5.96. The molecule has 2 rings (SSSR count). The van der Waals surface area contributed by atoms with Gasteiger partial charge in [-0.3, -0.25) is 0 Å². The Morgan fingerprint density at radius 2 is 2.43 bits per heavy atom. The molecule has 1 aliphatic rings. The molecular formula is C8H14BrN5. The first-order valence-electron chi connectivity index (χ1n) is 4.84. The molecule has 1 unspecified atom stereocenters. The normalized spacial score (nSPS) is 22.7. The van der Waals surface area contributed by atoms with Crippen LogP contribution in [0.15, 0.2) is 0 Å². The van der Waals surface area contributed by atoms with Gasteiger partial charge in [0.05, 0.1) is 0 Å². The molecule has 0 radical (unpaired) electrons. The lowest BCUT2D eigenvalue weighted by molar-refractivity contribution is 0.446. The molecule has 0 N–H and O–H groups in total. The van der Waals surface area contributed by atoms with Crippen molar-refractivity contribution in [1.82, 2.24) is 20.2 Å². The molecule has 1 aliphatic heterocycles. The zero-order chi connectivity index (χ0) is 9.97. The maximum Gasteiger partial charge on any atom is 0.245 e. The quantitative estimate of drug-likeness (QED) is 0.739. The average Bonchev–Trinajstić information content (AvgIpc) is 2.65. The molecule has 6 heteroatoms. The van der Waals surface area contributed by atoms with E-state index in [1.165, 1.54) is 12.8 Å². The van der Waals surface area contributed by atoms with Gasteiger partial charge in [0.2, 0.25) is 5.95 Å². The van der Waals surface area contributed by atoms with Crippen LogP contribution in [0.3, 0.4) is 0 Å². The van der Waals surface area contributed by atoms with E-state index in [4.69, 9.17) is 0 Å². The lowest BCUT2D eigenvalue weighted by Crippen LogP contribution is -2.37. The molecule has 2 heterocycles. The van der Waals surface area contributed by atoms with Gasteiger partial charge in [-0.15, -0.1) is 0 Å². The molecule has 1 aromatic rings. The maximum absolute atomic E-state index is 4.02. The molecule has 0 aromatic carbocycles. The van der Waals surface area contributed by atoms with E-state index in [1.54, 1.807) is 4.68 Å². The Hall–Kier alpha value is -0.650. The lowest BCUT2D eigenvalue weighted by atomic mass is 10.0. The van der Waals surface area contributed by atoms with Gasteiger partial charge in [-0.05, 0) is 29.2 Å². The summed E-state index contributed by atoms with van der Waals surface area (Å²) >= 11 is 3.54. The number of aromatic nitrogens is 4. The number of piperidine rings is 1. The van der Waals surface area contributed by atoms with Crippen LogP contribution in [-0.2, 0) is 7.05 Å². The largest absolute Gasteiger partial charge is 0.339 e. The monoisotopic (exact) mass is 259 g/mol. The minimum Gasteiger partial charge on any atom is -0.339 e. The number of halogens is 1. The number of anilines is 1. The Bertz CT molecular complexity index is 300. The highest BCUT2D eigenvalue weighted by Crippen LogP contribution is 2.21. The summed E-state index contributed by atoms with van der Waals surface area (Å²) in [5.41, 5.74) is 0. The number of nitrogens with zero attached hydrogens (tertiary/aromatic N) is 5. The SMILES string of the molecule is Cn1nnnc1N1CCCC(CBr)C1. The summed E-state index contributed by atoms with van der Waals surface area (Å²) < 4.78 is 1.73. The fourth-order valence-corrected chi connectivity index (χ4v) is 2.39. The highest BCUT2D eigenvalue weighted by Gasteiger charge is 2.22. The van der Waals surface area contributed by atoms with E-state index in [0.29, 0.717) is 0 Å². The number of tetrazole rings is 1. The van der Waals surface area contributed by atoms with Gasteiger partial charge in [-0.2, -0.15) is 0 Å². The Labute approximate surface area is 91.6 Å². The van der Waals surface area contributed by atoms with Crippen molar-refractivity contribution < 1.29 is 0 Å². The van der Waals surface area contributed by atoms with Gasteiger partial charge >= 0.3 is 0 Å². The summed E-state index contributed by atoms with van der Waals surface area (Å²) in [5, 5.41) is 12.6. The smallest absolute Gasteiger partial charge is 0.245 e. The maximum atomic E-state index is 4.02. The van der Waals surface area contributed by atoms with E-state index in [1.807, 2.05) is 7.05 Å². The standard InChI is InChI=1S/C8H14BrN5/c1-13-8(10-11-12-13)14-4-2-3-7(5-9)6-14/h7H,2-6H2,1H3. The van der Waals surface area contributed by atoms with E-state index in [9.17, 15) is 0 Å². The van der Waals surface area contributed by atoms with E-state index in [0.717, 1.165) is 30.3 Å². The molecule has 1 atom stereocenters. The van der Waals surface area contributed by atoms with E-state index in [2.05, 4.69) is 36.4 Å². The van der Waals surface area contributed by atoms with Crippen LogP contribution in [0.2, 0.25) is 0 Å². The van der Waals surface area contributed by atoms with Crippen LogP contribution in [0.25, 0.3) is 0 Å². The molecule has 1 aromatic heterocycles. The number of alkyl halides is 1. The summed E-state index contributed by atoms with van der Waals surface area (Å²) in [5.74, 6) is 1.61. The number of hydrogen-bond donors (Lipinski definition) is 0. The first kappa shape index (κ1) is 9.89. The third-order valence-corrected chi connectivity index (χ3v) is 3.53. The summed E-state index contributed by atoms with van der Waals surface area (Å²) in [4.78, 5) is 2.26. The van der Waals surface area contributed by atoms with Crippen LogP contribution in [0, 0.1) is 5.92 Å². The molecule has 5 nitrogen and oxygen atoms in total. The summed E-state index contributed by atoms with van der Waals surface area (Å²) in [6, 6.07) is 0. The predicted octanol–water partition coefficient (Wildman–Crippen LogP) is 0.821. The molecule has 0 bridgehead atoms. The van der Waals surface area contributed by atoms with Crippen LogP contribution in [0.5, 0.6) is 0 Å². The molecule has 14 heavy (non-hydrogen) atoms. The summed E-state index contributed by atoms with van der Waals surface area (Å²) in [6.45, 7) is 2.12. The topological polar surface area (TPSA) is 46.8 Å². The molecule has 78 valence electrons. The van der Waals surface area contributed by atoms with Crippen LogP contribution in [0.4, 0.5) is 5.95 Å². The molecular weight excluding hydrogens is 246 g/mol. The van der Waals surface area contributed by atoms with Crippen molar-refractivity contribution in [2.24, 2.45) is 13.0 Å². The zero-order valence-electron chi connectivity index (χ0n) is 8.23. The number of aryl methyl sites for hydroxylation is 1. The van der Waals surface area contributed by atoms with Crippen molar-refractivity contribution in [3.05, 3.63) is 0 Å². The predicted molar refractivity (Wildman–Crippen MR) is 57.5 cm³/mol. The van der Waals surface area contributed by atoms with Gasteiger partial charge in [0.15, 0.2) is 0 Å². The molecule has 1 fully saturated rings. The fourth-order valence-electron chi connectivity index (χ4n) is 1.87. The zero-order valence-corrected chi connectivity index (χ0v) is 9.81. The first-order chi connectivity index (χ1) is 6.81. The van der Waals surface area contributed by atoms with Gasteiger partial charge in [0.25, 0.3) is 0 Å². The Balaban J connectivity index is 2.08. The molecule has 0 aliphatic carbocycles. The highest BCUT2D eigenvalue weighted by atomic mass is 79.9. The van der Waals surface area contributed by atoms with Crippen LogP contribution >= 0.6 is 15.9 Å². The molecule has 1 saturated heterocycles. The minimum absolute atomic E-state index is 0.723. The van der Waals surface area contributed by atoms with Crippen molar-refractivity contribution >= 4 is 21.9 Å². The van der Waals surface area contributed by atoms with Crippen LogP contribution in [-0.4, -0.2) is 38.6 Å². The Morgan fingerprint density at radius 3 is 3.07 bits per heavy atom. The van der Waals surface area contributed by atoms with E-state index >= 15 is 0 Å². The Morgan fingerprint density at radius 1 is 1.57 bits per heavy atom. The van der Waals surface area contributed by atoms with E-state index in [-0.39, 0.29) is 0 Å². The van der Waals surface area contributed by atoms with E-state index < -0.39 is 0 Å². The third-order valence-electron chi connectivity index (χ3n) is 2.62. The molecule has 0 saturated carbocycles. The van der Waals surface area contributed by atoms with Crippen molar-refractivity contribution in [2.75, 3.05) is 23.3 Å². The van der Waals surface area contributed by atoms with Crippen molar-refractivity contribution in [3.8, 4) is 0 Å².